The highest BCUT2D eigenvalue weighted by Gasteiger charge is 2.04. The monoisotopic (exact) mass is 435 g/mol. The first kappa shape index (κ1) is 9.64. The van der Waals surface area contributed by atoms with Crippen molar-refractivity contribution in [3.63, 3.8) is 0 Å². The van der Waals surface area contributed by atoms with Crippen molar-refractivity contribution in [1.29, 1.82) is 0 Å². The van der Waals surface area contributed by atoms with E-state index < -0.39 is 60.4 Å². The molecule has 0 spiro atoms. The third kappa shape index (κ3) is 3.97. The van der Waals surface area contributed by atoms with Crippen LogP contribution in [0.25, 0.3) is 43.8 Å². The molecule has 0 radical (unpaired) electrons. The van der Waals surface area contributed by atoms with Gasteiger partial charge in [-0.1, -0.05) is 96.8 Å². The summed E-state index contributed by atoms with van der Waals surface area (Å²) in [5, 5.41) is 2.52. The Hall–Kier alpha value is -4.36. The summed E-state index contributed by atoms with van der Waals surface area (Å²) in [4.78, 5) is 0. The van der Waals surface area contributed by atoms with E-state index >= 15 is 0 Å². The fourth-order valence-electron chi connectivity index (χ4n) is 3.52. The molecule has 0 atom stereocenters. The lowest BCUT2D eigenvalue weighted by Gasteiger charge is -2.11. The highest BCUT2D eigenvalue weighted by Crippen LogP contribution is 2.30. The van der Waals surface area contributed by atoms with Crippen LogP contribution in [0.2, 0.25) is 0 Å². The Morgan fingerprint density at radius 2 is 0.909 bits per heavy atom. The zero-order valence-corrected chi connectivity index (χ0v) is 17.1. The van der Waals surface area contributed by atoms with Gasteiger partial charge in [-0.3, -0.25) is 0 Å². The van der Waals surface area contributed by atoms with Gasteiger partial charge in [-0.25, -0.2) is 0 Å². The molecule has 0 aromatic heterocycles. The number of rotatable bonds is 4. The average molecular weight is 436 g/mol. The molecule has 156 valence electrons. The number of hydrogen-bond acceptors (Lipinski definition) is 1. The lowest BCUT2D eigenvalue weighted by Crippen LogP contribution is -1.91. The van der Waals surface area contributed by atoms with E-state index in [9.17, 15) is 0 Å². The molecule has 0 aliphatic rings. The van der Waals surface area contributed by atoms with Gasteiger partial charge in [-0.15, -0.1) is 0 Å². The first-order valence-corrected chi connectivity index (χ1v) is 10.1. The van der Waals surface area contributed by atoms with Crippen molar-refractivity contribution in [1.82, 2.24) is 0 Å². The maximum Gasteiger partial charge on any atom is 0.0636 e. The molecule has 1 heteroatoms. The topological polar surface area (TPSA) is 12.0 Å². The Kier molecular flexibility index (Phi) is 2.42. The molecule has 6 aromatic carbocycles. The summed E-state index contributed by atoms with van der Waals surface area (Å²) in [6.07, 6.45) is 0. The second-order valence-corrected chi connectivity index (χ2v) is 7.29. The molecule has 0 saturated carbocycles. The molecule has 0 aliphatic carbocycles. The van der Waals surface area contributed by atoms with Gasteiger partial charge in [-0.05, 0) is 80.1 Å². The predicted molar refractivity (Wildman–Crippen MR) is 142 cm³/mol. The standard InChI is InChI=1S/C32H23N/c1-3-9-25-19-29(17-15-23(25)7-1)27-11-5-13-31(21-27)33-32-14-6-12-28(22-32)30-18-16-24-8-2-4-10-26(24)20-30/h1-22,33H/i1D,2D,3D,4D,7D,8D,9D,10D,15D,16D,17D,18D,19D,20D. The number of nitrogens with one attached hydrogen (secondary N) is 1. The third-order valence-corrected chi connectivity index (χ3v) is 5.09. The van der Waals surface area contributed by atoms with Crippen molar-refractivity contribution in [2.24, 2.45) is 0 Å². The van der Waals surface area contributed by atoms with Gasteiger partial charge >= 0.3 is 0 Å². The first-order valence-electron chi connectivity index (χ1n) is 17.1. The van der Waals surface area contributed by atoms with Crippen LogP contribution in [0.15, 0.2) is 133 Å². The largest absolute Gasteiger partial charge is 0.355 e. The van der Waals surface area contributed by atoms with Crippen molar-refractivity contribution in [2.45, 2.75) is 0 Å². The Labute approximate surface area is 213 Å². The molecular formula is C32H23N. The molecule has 33 heavy (non-hydrogen) atoms. The third-order valence-electron chi connectivity index (χ3n) is 5.09. The molecule has 0 aliphatic heterocycles. The van der Waals surface area contributed by atoms with Crippen molar-refractivity contribution in [3.8, 4) is 22.3 Å². The van der Waals surface area contributed by atoms with Crippen LogP contribution in [0.5, 0.6) is 0 Å². The van der Waals surface area contributed by atoms with Crippen LogP contribution in [0.3, 0.4) is 0 Å². The highest BCUT2D eigenvalue weighted by atomic mass is 14.9. The van der Waals surface area contributed by atoms with E-state index in [1.165, 1.54) is 0 Å². The molecule has 0 saturated heterocycles. The van der Waals surface area contributed by atoms with Crippen LogP contribution in [0, 0.1) is 0 Å². The van der Waals surface area contributed by atoms with Crippen LogP contribution in [0.1, 0.15) is 19.2 Å². The molecule has 0 heterocycles. The van der Waals surface area contributed by atoms with E-state index in [4.69, 9.17) is 19.2 Å². The molecule has 0 unspecified atom stereocenters. The number of benzene rings is 6. The van der Waals surface area contributed by atoms with E-state index in [0.29, 0.717) is 22.5 Å². The summed E-state index contributed by atoms with van der Waals surface area (Å²) in [7, 11) is 0. The normalized spacial score (nSPS) is 17.0. The van der Waals surface area contributed by atoms with Crippen LogP contribution >= 0.6 is 0 Å². The second kappa shape index (κ2) is 8.29. The summed E-state index contributed by atoms with van der Waals surface area (Å²) in [5.41, 5.74) is 1.73. The lowest BCUT2D eigenvalue weighted by molar-refractivity contribution is 1.54. The Morgan fingerprint density at radius 3 is 1.39 bits per heavy atom. The van der Waals surface area contributed by atoms with Crippen LogP contribution in [-0.4, -0.2) is 0 Å². The Balaban J connectivity index is 1.45. The van der Waals surface area contributed by atoms with Gasteiger partial charge in [0.05, 0.1) is 19.2 Å². The van der Waals surface area contributed by atoms with E-state index in [1.54, 1.807) is 48.5 Å². The SMILES string of the molecule is [2H]c1c([2H])c([2H])c2c([2H])c(-c3cccc(Nc4cccc(-c5c([2H])c([2H])c6c([2H])c([2H])c([2H])c([2H])c6c5[2H])c4)c3)c([2H])c([2H])c2c1[2H]. The zero-order valence-electron chi connectivity index (χ0n) is 31.1. The number of fused-ring (bicyclic) bond motifs is 2. The minimum Gasteiger partial charge on any atom is -0.355 e. The quantitative estimate of drug-likeness (QED) is 0.291. The van der Waals surface area contributed by atoms with Crippen molar-refractivity contribution in [3.05, 3.63) is 133 Å². The molecule has 6 aromatic rings. The Bertz CT molecular complexity index is 2170. The van der Waals surface area contributed by atoms with Gasteiger partial charge in [0.1, 0.15) is 0 Å². The fraction of sp³-hybridized carbons (Fsp3) is 0. The van der Waals surface area contributed by atoms with Crippen LogP contribution in [-0.2, 0) is 0 Å². The number of anilines is 2. The summed E-state index contributed by atoms with van der Waals surface area (Å²) in [5.74, 6) is 0. The number of hydrogen-bond donors (Lipinski definition) is 1. The Morgan fingerprint density at radius 1 is 0.455 bits per heavy atom. The van der Waals surface area contributed by atoms with Crippen molar-refractivity contribution >= 4 is 32.9 Å². The molecule has 1 nitrogen and oxygen atoms in total. The van der Waals surface area contributed by atoms with Gasteiger partial charge in [0.25, 0.3) is 0 Å². The van der Waals surface area contributed by atoms with Gasteiger partial charge in [0.15, 0.2) is 0 Å². The zero-order chi connectivity index (χ0) is 34.2. The molecular weight excluding hydrogens is 398 g/mol. The summed E-state index contributed by atoms with van der Waals surface area (Å²) in [6, 6.07) is 6.97. The highest BCUT2D eigenvalue weighted by molar-refractivity contribution is 5.89. The molecule has 0 fully saturated rings. The molecule has 0 amide bonds. The maximum absolute atomic E-state index is 8.83. The summed E-state index contributed by atoms with van der Waals surface area (Å²) >= 11 is 0. The van der Waals surface area contributed by atoms with E-state index in [1.807, 2.05) is 0 Å². The maximum atomic E-state index is 8.83. The first-order chi connectivity index (χ1) is 22.2. The van der Waals surface area contributed by atoms with Gasteiger partial charge in [-0.2, -0.15) is 0 Å². The van der Waals surface area contributed by atoms with Gasteiger partial charge in [0, 0.05) is 11.4 Å². The van der Waals surface area contributed by atoms with E-state index in [-0.39, 0.29) is 56.8 Å². The minimum absolute atomic E-state index is 0.0197. The second-order valence-electron chi connectivity index (χ2n) is 7.29. The van der Waals surface area contributed by atoms with Gasteiger partial charge < -0.3 is 5.32 Å². The van der Waals surface area contributed by atoms with E-state index in [2.05, 4.69) is 5.32 Å². The summed E-state index contributed by atoms with van der Waals surface area (Å²) < 4.78 is 117. The summed E-state index contributed by atoms with van der Waals surface area (Å²) in [6.45, 7) is 0. The molecule has 0 bridgehead atoms. The van der Waals surface area contributed by atoms with Gasteiger partial charge in [0.2, 0.25) is 0 Å². The minimum atomic E-state index is -0.543. The smallest absolute Gasteiger partial charge is 0.0636 e. The van der Waals surface area contributed by atoms with Crippen molar-refractivity contribution < 1.29 is 19.2 Å². The predicted octanol–water partition coefficient (Wildman–Crippen LogP) is 9.07. The fourth-order valence-corrected chi connectivity index (χ4v) is 3.52. The van der Waals surface area contributed by atoms with Crippen LogP contribution in [0.4, 0.5) is 11.4 Å². The molecule has 6 rings (SSSR count). The van der Waals surface area contributed by atoms with Crippen molar-refractivity contribution in [2.75, 3.05) is 5.32 Å². The van der Waals surface area contributed by atoms with E-state index in [0.717, 1.165) is 0 Å². The van der Waals surface area contributed by atoms with Crippen LogP contribution < -0.4 is 5.32 Å². The average Bonchev–Trinajstić information content (AvgIpc) is 3.04. The lowest BCUT2D eigenvalue weighted by atomic mass is 10.0. The molecule has 1 N–H and O–H groups in total.